The average Bonchev–Trinajstić information content (AvgIpc) is 4.13. The zero-order chi connectivity index (χ0) is 57.6. The van der Waals surface area contributed by atoms with E-state index in [1.807, 2.05) is 52.1 Å². The molecule has 10 atom stereocenters. The maximum atomic E-state index is 15.2. The van der Waals surface area contributed by atoms with Gasteiger partial charge in [0.25, 0.3) is 5.91 Å². The van der Waals surface area contributed by atoms with Crippen molar-refractivity contribution in [3.8, 4) is 22.5 Å². The van der Waals surface area contributed by atoms with Gasteiger partial charge in [0, 0.05) is 105 Å². The van der Waals surface area contributed by atoms with Crippen molar-refractivity contribution in [3.05, 3.63) is 52.1 Å². The number of nitrogens with one attached hydrogen (secondary N) is 2. The van der Waals surface area contributed by atoms with Crippen molar-refractivity contribution < 1.29 is 46.9 Å². The Morgan fingerprint density at radius 2 is 1.80 bits per heavy atom. The number of aliphatic hydroxyl groups is 1. The van der Waals surface area contributed by atoms with Gasteiger partial charge in [-0.3, -0.25) is 44.0 Å². The topological polar surface area (TPSA) is 173 Å². The quantitative estimate of drug-likeness (QED) is 0.110. The summed E-state index contributed by atoms with van der Waals surface area (Å²) in [6, 6.07) is 5.74. The molecule has 2 amide bonds. The number of hydrazine groups is 1. The van der Waals surface area contributed by atoms with Crippen LogP contribution in [0.5, 0.6) is 0 Å². The molecule has 3 N–H and O–H groups in total. The molecule has 1 saturated carbocycles. The summed E-state index contributed by atoms with van der Waals surface area (Å²) in [6.45, 7) is 16.1. The number of carbonyl (C=O) groups is 3. The van der Waals surface area contributed by atoms with Gasteiger partial charge >= 0.3 is 12.1 Å². The number of amides is 2. The number of methoxy groups -OCH3 is 1. The number of esters is 1. The van der Waals surface area contributed by atoms with Crippen LogP contribution >= 0.6 is 11.3 Å². The molecule has 0 radical (unpaired) electrons. The summed E-state index contributed by atoms with van der Waals surface area (Å²) < 4.78 is 64.9. The Labute approximate surface area is 482 Å². The number of hydrogen-bond acceptors (Lipinski definition) is 16. The maximum absolute atomic E-state index is 15.2. The second-order valence-electron chi connectivity index (χ2n) is 26.2. The van der Waals surface area contributed by atoms with Crippen molar-refractivity contribution in [3.63, 3.8) is 0 Å². The van der Waals surface area contributed by atoms with E-state index < -0.39 is 60.5 Å². The zero-order valence-corrected chi connectivity index (χ0v) is 49.4. The predicted octanol–water partition coefficient (Wildman–Crippen LogP) is 6.10. The molecule has 4 aromatic rings. The lowest BCUT2D eigenvalue weighted by molar-refractivity contribution is -0.155. The molecule has 10 heterocycles. The zero-order valence-electron chi connectivity index (χ0n) is 48.6. The SMILES string of the molecule is CO[C@@H](C)c1ncc(N2CCN3CCOC[C@@H]3C2)cc1-c1c2c3cc(ccc3n1CC(F)(F)F)-c1csc(n1)C[C@H](NC(=O)[C@H](C(C)C)N1CC[C@]3(CCN(C(O)[C@H]4[C@@H](C5CC5)N4C)C3)C1)C(=O)N1CCC[C@H](N1)C(=O)OCC(C)(C)C2. The summed E-state index contributed by atoms with van der Waals surface area (Å²) in [5.74, 6) is -0.601. The van der Waals surface area contributed by atoms with Gasteiger partial charge in [0.15, 0.2) is 0 Å². The van der Waals surface area contributed by atoms with E-state index >= 15 is 13.2 Å². The van der Waals surface area contributed by atoms with E-state index in [1.165, 1.54) is 33.8 Å². The lowest BCUT2D eigenvalue weighted by atomic mass is 9.84. The number of likely N-dealkylation sites (N-methyl/N-ethyl adjacent to an activating group) is 1. The highest BCUT2D eigenvalue weighted by Gasteiger charge is 2.59. The van der Waals surface area contributed by atoms with Crippen molar-refractivity contribution in [2.75, 3.05) is 97.8 Å². The average molecular weight is 1160 g/mol. The number of anilines is 1. The fourth-order valence-electron chi connectivity index (χ4n) is 14.7. The lowest BCUT2D eigenvalue weighted by Crippen LogP contribution is -2.62. The molecule has 6 bridgehead atoms. The maximum Gasteiger partial charge on any atom is 0.406 e. The molecule has 22 heteroatoms. The van der Waals surface area contributed by atoms with Crippen LogP contribution in [0.1, 0.15) is 95.5 Å². The molecule has 1 aromatic carbocycles. The predicted molar refractivity (Wildman–Crippen MR) is 306 cm³/mol. The first-order valence-corrected chi connectivity index (χ1v) is 30.7. The number of carbonyl (C=O) groups excluding carboxylic acids is 3. The van der Waals surface area contributed by atoms with Crippen LogP contribution < -0.4 is 15.6 Å². The summed E-state index contributed by atoms with van der Waals surface area (Å²) in [7, 11) is 3.69. The van der Waals surface area contributed by atoms with Crippen LogP contribution in [0.2, 0.25) is 0 Å². The number of rotatable bonds is 12. The van der Waals surface area contributed by atoms with Gasteiger partial charge in [-0.2, -0.15) is 13.2 Å². The summed E-state index contributed by atoms with van der Waals surface area (Å²) in [5.41, 5.74) is 6.73. The van der Waals surface area contributed by atoms with Crippen LogP contribution in [0, 0.1) is 22.7 Å². The molecule has 82 heavy (non-hydrogen) atoms. The molecule has 6 saturated heterocycles. The number of piperazine rings is 1. The fourth-order valence-corrected chi connectivity index (χ4v) is 15.5. The van der Waals surface area contributed by atoms with Crippen LogP contribution in [0.4, 0.5) is 18.9 Å². The van der Waals surface area contributed by atoms with Gasteiger partial charge in [-0.25, -0.2) is 10.4 Å². The Hall–Kier alpha value is -4.78. The summed E-state index contributed by atoms with van der Waals surface area (Å²) in [5, 5.41) is 19.3. The minimum Gasteiger partial charge on any atom is -0.464 e. The molecular weight excluding hydrogens is 1080 g/mol. The Bertz CT molecular complexity index is 3040. The van der Waals surface area contributed by atoms with Gasteiger partial charge < -0.3 is 34.1 Å². The first-order valence-electron chi connectivity index (χ1n) is 29.9. The third kappa shape index (κ3) is 11.6. The number of aliphatic hydroxyl groups excluding tert-OH is 1. The van der Waals surface area contributed by atoms with Crippen molar-refractivity contribution in [1.82, 2.24) is 49.9 Å². The summed E-state index contributed by atoms with van der Waals surface area (Å²) in [4.78, 5) is 65.7. The highest BCUT2D eigenvalue weighted by Crippen LogP contribution is 2.50. The van der Waals surface area contributed by atoms with E-state index in [0.717, 1.165) is 51.3 Å². The monoisotopic (exact) mass is 1160 g/mol. The number of cyclic esters (lactones) is 1. The van der Waals surface area contributed by atoms with Crippen LogP contribution in [-0.2, 0) is 48.0 Å². The number of halogens is 3. The highest BCUT2D eigenvalue weighted by atomic mass is 32.1. The number of thiazole rings is 1. The molecule has 446 valence electrons. The Kier molecular flexibility index (Phi) is 15.9. The number of ether oxygens (including phenoxy) is 3. The molecule has 7 aliphatic heterocycles. The number of nitrogens with zero attached hydrogens (tertiary/aromatic N) is 9. The third-order valence-corrected chi connectivity index (χ3v) is 20.1. The Morgan fingerprint density at radius 3 is 2.56 bits per heavy atom. The van der Waals surface area contributed by atoms with E-state index in [-0.39, 0.29) is 48.8 Å². The number of aromatic nitrogens is 3. The number of morpholine rings is 1. The van der Waals surface area contributed by atoms with Gasteiger partial charge in [-0.1, -0.05) is 33.8 Å². The summed E-state index contributed by atoms with van der Waals surface area (Å²) in [6.07, 6.45) is 1.60. The number of benzene rings is 1. The molecule has 1 spiro atoms. The minimum atomic E-state index is -4.61. The molecule has 7 fully saturated rings. The van der Waals surface area contributed by atoms with Crippen molar-refractivity contribution in [2.24, 2.45) is 22.7 Å². The van der Waals surface area contributed by atoms with Gasteiger partial charge in [0.2, 0.25) is 5.91 Å². The van der Waals surface area contributed by atoms with Crippen LogP contribution in [0.15, 0.2) is 35.8 Å². The van der Waals surface area contributed by atoms with Gasteiger partial charge in [0.05, 0.1) is 78.0 Å². The van der Waals surface area contributed by atoms with Crippen LogP contribution in [0.25, 0.3) is 33.4 Å². The molecule has 12 rings (SSSR count). The standard InChI is InChI=1S/C60H82F3N11O7S/c1-35(2)50(71-17-14-59(31-71)15-18-72(32-59)56(77)53-51(68(53)6)37-10-11-37)54(75)66-45-25-48-65-46(30-82-48)38-12-13-47-41(23-38)43(26-58(4,5)34-81-57(78)44-9-8-16-74(67-44)55(45)76)52(73(47)33-60(61,62)63)42-24-39(27-64-49(42)36(3)79-7)70-20-19-69-21-22-80-29-40(69)28-70/h12-13,23-24,27,30,35-37,40,44-45,50-51,53,56,67,77H,8-11,14-22,25-26,28-29,31-34H2,1-7H3,(H,66,75)/t36-,40-,44-,45-,50-,51+,53+,56?,59-,68?/m0/s1. The fraction of sp³-hybridized carbons (Fsp3) is 0.683. The van der Waals surface area contributed by atoms with Crippen molar-refractivity contribution in [2.45, 2.75) is 147 Å². The molecular formula is C60H82F3N11O7S. The number of alkyl halides is 3. The van der Waals surface area contributed by atoms with Gasteiger partial charge in [-0.15, -0.1) is 11.3 Å². The molecule has 8 aliphatic rings. The first kappa shape index (κ1) is 57.6. The second-order valence-corrected chi connectivity index (χ2v) is 27.1. The number of fused-ring (bicyclic) bond motifs is 7. The number of likely N-dealkylation sites (tertiary alicyclic amines) is 2. The van der Waals surface area contributed by atoms with Crippen molar-refractivity contribution in [1.29, 1.82) is 0 Å². The Morgan fingerprint density at radius 1 is 1.02 bits per heavy atom. The molecule has 18 nitrogen and oxygen atoms in total. The van der Waals surface area contributed by atoms with Crippen molar-refractivity contribution >= 4 is 45.7 Å². The van der Waals surface area contributed by atoms with Crippen LogP contribution in [-0.4, -0.2) is 204 Å². The largest absolute Gasteiger partial charge is 0.464 e. The number of pyridine rings is 1. The molecule has 1 aliphatic carbocycles. The van der Waals surface area contributed by atoms with Gasteiger partial charge in [-0.05, 0) is 106 Å². The second kappa shape index (κ2) is 22.6. The van der Waals surface area contributed by atoms with E-state index in [4.69, 9.17) is 24.2 Å². The highest BCUT2D eigenvalue weighted by molar-refractivity contribution is 7.10. The van der Waals surface area contributed by atoms with E-state index in [9.17, 15) is 19.5 Å². The molecule has 2 unspecified atom stereocenters. The smallest absolute Gasteiger partial charge is 0.406 e. The van der Waals surface area contributed by atoms with E-state index in [0.29, 0.717) is 114 Å². The normalized spacial score (nSPS) is 29.7. The Balaban J connectivity index is 0.881. The van der Waals surface area contributed by atoms with Gasteiger partial charge in [0.1, 0.15) is 24.9 Å². The lowest BCUT2D eigenvalue weighted by Gasteiger charge is -2.44. The third-order valence-electron chi connectivity index (χ3n) is 19.3. The minimum absolute atomic E-state index is 0.0540. The van der Waals surface area contributed by atoms with E-state index in [1.54, 1.807) is 25.4 Å². The molecule has 3 aromatic heterocycles. The van der Waals surface area contributed by atoms with Crippen LogP contribution in [0.3, 0.4) is 0 Å². The van der Waals surface area contributed by atoms with E-state index in [2.05, 4.69) is 42.3 Å². The number of hydrogen-bond donors (Lipinski definition) is 3. The summed E-state index contributed by atoms with van der Waals surface area (Å²) >= 11 is 1.35. The first-order chi connectivity index (χ1) is 39.2.